The fraction of sp³-hybridized carbons (Fsp3) is 0.345. The van der Waals surface area contributed by atoms with E-state index in [-0.39, 0.29) is 5.04 Å². The van der Waals surface area contributed by atoms with Crippen LogP contribution in [0.15, 0.2) is 60.8 Å². The highest BCUT2D eigenvalue weighted by molar-refractivity contribution is 6.74. The van der Waals surface area contributed by atoms with Crippen molar-refractivity contribution in [2.75, 3.05) is 5.73 Å². The van der Waals surface area contributed by atoms with E-state index in [9.17, 15) is 0 Å². The molecule has 0 saturated carbocycles. The molecule has 0 saturated heterocycles. The van der Waals surface area contributed by atoms with Crippen LogP contribution in [-0.4, -0.2) is 27.8 Å². The van der Waals surface area contributed by atoms with Gasteiger partial charge in [-0.05, 0) is 84.9 Å². The van der Waals surface area contributed by atoms with Gasteiger partial charge in [-0.1, -0.05) is 39.0 Å². The van der Waals surface area contributed by atoms with E-state index in [1.807, 2.05) is 12.1 Å². The maximum atomic E-state index is 6.44. The minimum absolute atomic E-state index is 0.180. The van der Waals surface area contributed by atoms with E-state index in [0.29, 0.717) is 12.4 Å². The Kier molecular flexibility index (Phi) is 6.30. The number of aromatic nitrogens is 4. The number of anilines is 1. The molecule has 1 aliphatic rings. The molecule has 0 amide bonds. The monoisotopic (exact) mass is 497 g/mol. The summed E-state index contributed by atoms with van der Waals surface area (Å²) in [6.45, 7) is 12.0. The number of hydrogen-bond acceptors (Lipinski definition) is 5. The first kappa shape index (κ1) is 24.4. The first-order chi connectivity index (χ1) is 17.1. The molecule has 1 aliphatic carbocycles. The minimum atomic E-state index is -1.82. The number of nitrogens with two attached hydrogens (primary N) is 1. The first-order valence-corrected chi connectivity index (χ1v) is 15.6. The molecule has 0 bridgehead atoms. The highest BCUT2D eigenvalue weighted by Gasteiger charge is 2.37. The lowest BCUT2D eigenvalue weighted by molar-refractivity contribution is 0.276. The van der Waals surface area contributed by atoms with Crippen LogP contribution in [-0.2, 0) is 11.0 Å². The molecule has 3 aromatic heterocycles. The number of pyridine rings is 2. The van der Waals surface area contributed by atoms with Crippen molar-refractivity contribution in [3.05, 3.63) is 72.1 Å². The van der Waals surface area contributed by atoms with Gasteiger partial charge in [0, 0.05) is 11.9 Å². The number of imidazole rings is 1. The molecule has 0 spiro atoms. The number of nitrogen functional groups attached to an aromatic ring is 1. The van der Waals surface area contributed by atoms with E-state index in [4.69, 9.17) is 20.1 Å². The van der Waals surface area contributed by atoms with Crippen LogP contribution in [0.2, 0.25) is 18.1 Å². The average molecular weight is 498 g/mol. The molecular weight excluding hydrogens is 462 g/mol. The first-order valence-electron chi connectivity index (χ1n) is 12.7. The summed E-state index contributed by atoms with van der Waals surface area (Å²) in [5.41, 5.74) is 13.2. The number of benzene rings is 1. The number of fused-ring (bicyclic) bond motifs is 1. The molecule has 7 heteroatoms. The molecular formula is C29H35N5OSi. The topological polar surface area (TPSA) is 78.9 Å². The van der Waals surface area contributed by atoms with Crippen LogP contribution in [0.3, 0.4) is 0 Å². The van der Waals surface area contributed by atoms with Crippen molar-refractivity contribution in [1.29, 1.82) is 0 Å². The van der Waals surface area contributed by atoms with Crippen LogP contribution in [0, 0.1) is 0 Å². The molecule has 0 unspecified atom stereocenters. The van der Waals surface area contributed by atoms with Gasteiger partial charge in [0.2, 0.25) is 0 Å². The fourth-order valence-corrected chi connectivity index (χ4v) is 5.25. The van der Waals surface area contributed by atoms with Crippen molar-refractivity contribution in [3.8, 4) is 17.1 Å². The molecule has 5 rings (SSSR count). The van der Waals surface area contributed by atoms with Crippen molar-refractivity contribution >= 4 is 30.9 Å². The predicted molar refractivity (Wildman–Crippen MR) is 150 cm³/mol. The van der Waals surface area contributed by atoms with Crippen molar-refractivity contribution in [2.45, 2.75) is 64.8 Å². The second-order valence-electron chi connectivity index (χ2n) is 11.1. The number of hydrogen-bond donors (Lipinski definition) is 1. The van der Waals surface area contributed by atoms with E-state index in [2.05, 4.69) is 85.9 Å². The smallest absolute Gasteiger partial charge is 0.192 e. The lowest BCUT2D eigenvalue weighted by atomic mass is 10.1. The summed E-state index contributed by atoms with van der Waals surface area (Å²) < 4.78 is 8.54. The Morgan fingerprint density at radius 1 is 1.03 bits per heavy atom. The van der Waals surface area contributed by atoms with Gasteiger partial charge >= 0.3 is 0 Å². The van der Waals surface area contributed by atoms with E-state index in [1.54, 1.807) is 6.20 Å². The van der Waals surface area contributed by atoms with Crippen molar-refractivity contribution < 1.29 is 4.43 Å². The summed E-state index contributed by atoms with van der Waals surface area (Å²) in [4.78, 5) is 14.3. The fourth-order valence-electron chi connectivity index (χ4n) is 4.29. The van der Waals surface area contributed by atoms with Crippen molar-refractivity contribution in [2.24, 2.45) is 0 Å². The van der Waals surface area contributed by atoms with Gasteiger partial charge in [-0.15, -0.1) is 0 Å². The average Bonchev–Trinajstić information content (AvgIpc) is 3.51. The summed E-state index contributed by atoms with van der Waals surface area (Å²) in [6.07, 6.45) is 7.37. The van der Waals surface area contributed by atoms with Gasteiger partial charge in [0.15, 0.2) is 19.8 Å². The van der Waals surface area contributed by atoms with E-state index >= 15 is 0 Å². The predicted octanol–water partition coefficient (Wildman–Crippen LogP) is 7.15. The number of rotatable bonds is 6. The molecule has 2 N–H and O–H groups in total. The van der Waals surface area contributed by atoms with Crippen LogP contribution < -0.4 is 5.73 Å². The SMILES string of the molecule is CC(C)(C)[Si](C)(C)OCc1ccc(-n2c(-c3cccnc3N)nc3ccc(C4=CCCC4)nc32)cc1. The third-order valence-electron chi connectivity index (χ3n) is 7.55. The molecule has 0 radical (unpaired) electrons. The van der Waals surface area contributed by atoms with Gasteiger partial charge in [-0.25, -0.2) is 15.0 Å². The lowest BCUT2D eigenvalue weighted by Crippen LogP contribution is -2.40. The second-order valence-corrected chi connectivity index (χ2v) is 15.9. The maximum Gasteiger partial charge on any atom is 0.192 e. The van der Waals surface area contributed by atoms with Crippen LogP contribution in [0.1, 0.15) is 51.3 Å². The Bertz CT molecular complexity index is 1430. The normalized spacial score (nSPS) is 14.4. The van der Waals surface area contributed by atoms with E-state index in [1.165, 1.54) is 12.0 Å². The largest absolute Gasteiger partial charge is 0.413 e. The Balaban J connectivity index is 1.57. The summed E-state index contributed by atoms with van der Waals surface area (Å²) in [5.74, 6) is 1.19. The quantitative estimate of drug-likeness (QED) is 0.286. The van der Waals surface area contributed by atoms with E-state index in [0.717, 1.165) is 52.3 Å². The highest BCUT2D eigenvalue weighted by Crippen LogP contribution is 2.37. The zero-order chi connectivity index (χ0) is 25.5. The second kappa shape index (κ2) is 9.30. The summed E-state index contributed by atoms with van der Waals surface area (Å²) in [7, 11) is -1.82. The van der Waals surface area contributed by atoms with Crippen LogP contribution in [0.5, 0.6) is 0 Å². The molecule has 0 atom stereocenters. The van der Waals surface area contributed by atoms with Crippen molar-refractivity contribution in [1.82, 2.24) is 19.5 Å². The zero-order valence-electron chi connectivity index (χ0n) is 21.9. The Hall–Kier alpha value is -3.29. The summed E-state index contributed by atoms with van der Waals surface area (Å²) >= 11 is 0. The Labute approximate surface area is 214 Å². The lowest BCUT2D eigenvalue weighted by Gasteiger charge is -2.36. The zero-order valence-corrected chi connectivity index (χ0v) is 22.9. The number of allylic oxidation sites excluding steroid dienone is 2. The van der Waals surface area contributed by atoms with Gasteiger partial charge in [-0.2, -0.15) is 0 Å². The molecule has 0 fully saturated rings. The molecule has 3 heterocycles. The van der Waals surface area contributed by atoms with Crippen LogP contribution >= 0.6 is 0 Å². The standard InChI is InChI=1S/C29H35N5OSi/c1-29(2,3)36(4,5)35-19-20-12-14-22(15-13-20)34-27(23-11-8-18-31-26(23)30)33-25-17-16-24(32-28(25)34)21-9-6-7-10-21/h8-9,11-18H,6-7,10,19H2,1-5H3,(H2,30,31). The van der Waals surface area contributed by atoms with Crippen LogP contribution in [0.25, 0.3) is 33.8 Å². The molecule has 4 aromatic rings. The number of nitrogens with zero attached hydrogens (tertiary/aromatic N) is 4. The van der Waals surface area contributed by atoms with Gasteiger partial charge in [0.25, 0.3) is 0 Å². The molecule has 1 aromatic carbocycles. The molecule has 6 nitrogen and oxygen atoms in total. The Morgan fingerprint density at radius 3 is 2.47 bits per heavy atom. The van der Waals surface area contributed by atoms with Crippen molar-refractivity contribution in [3.63, 3.8) is 0 Å². The maximum absolute atomic E-state index is 6.44. The molecule has 36 heavy (non-hydrogen) atoms. The molecule has 186 valence electrons. The third kappa shape index (κ3) is 4.61. The highest BCUT2D eigenvalue weighted by atomic mass is 28.4. The molecule has 0 aliphatic heterocycles. The van der Waals surface area contributed by atoms with Gasteiger partial charge in [0.05, 0.1) is 17.9 Å². The summed E-state index contributed by atoms with van der Waals surface area (Å²) in [6, 6.07) is 16.5. The van der Waals surface area contributed by atoms with Gasteiger partial charge < -0.3 is 10.2 Å². The summed E-state index contributed by atoms with van der Waals surface area (Å²) in [5, 5.41) is 0.180. The van der Waals surface area contributed by atoms with Crippen LogP contribution in [0.4, 0.5) is 5.82 Å². The van der Waals surface area contributed by atoms with E-state index < -0.39 is 8.32 Å². The minimum Gasteiger partial charge on any atom is -0.413 e. The Morgan fingerprint density at radius 2 is 1.81 bits per heavy atom. The third-order valence-corrected chi connectivity index (χ3v) is 12.0. The van der Waals surface area contributed by atoms with Gasteiger partial charge in [0.1, 0.15) is 11.3 Å². The van der Waals surface area contributed by atoms with Gasteiger partial charge in [-0.3, -0.25) is 4.57 Å².